The van der Waals surface area contributed by atoms with Crippen LogP contribution in [0.2, 0.25) is 0 Å². The Morgan fingerprint density at radius 2 is 1.73 bits per heavy atom. The van der Waals surface area contributed by atoms with Gasteiger partial charge in [0.25, 0.3) is 0 Å². The first-order valence-corrected chi connectivity index (χ1v) is 5.31. The molecule has 15 heavy (non-hydrogen) atoms. The smallest absolute Gasteiger partial charge is 0.246 e. The molecule has 0 aromatic heterocycles. The first-order chi connectivity index (χ1) is 6.70. The number of nitrogens with two attached hydrogens (primary N) is 1. The number of imide groups is 1. The van der Waals surface area contributed by atoms with Crippen molar-refractivity contribution in [3.63, 3.8) is 0 Å². The minimum Gasteiger partial charge on any atom is -0.319 e. The van der Waals surface area contributed by atoms with E-state index in [1.54, 1.807) is 0 Å². The number of carbonyl (C=O) groups excluding carboxylic acids is 2. The van der Waals surface area contributed by atoms with Crippen LogP contribution in [0, 0.1) is 0 Å². The molecule has 1 unspecified atom stereocenters. The van der Waals surface area contributed by atoms with Crippen LogP contribution in [0.4, 0.5) is 0 Å². The van der Waals surface area contributed by atoms with Gasteiger partial charge in [0, 0.05) is 6.04 Å². The van der Waals surface area contributed by atoms with Crippen LogP contribution >= 0.6 is 12.4 Å². The molecular formula is C10H17ClN2O2. The molecule has 2 aliphatic rings. The summed E-state index contributed by atoms with van der Waals surface area (Å²) in [6.07, 6.45) is 5.59. The van der Waals surface area contributed by atoms with Crippen LogP contribution in [0.25, 0.3) is 0 Å². The van der Waals surface area contributed by atoms with E-state index in [9.17, 15) is 9.59 Å². The van der Waals surface area contributed by atoms with E-state index in [0.29, 0.717) is 0 Å². The Balaban J connectivity index is 0.00000112. The molecule has 5 heteroatoms. The second kappa shape index (κ2) is 4.94. The Morgan fingerprint density at radius 3 is 2.20 bits per heavy atom. The molecule has 2 fully saturated rings. The molecule has 1 aliphatic heterocycles. The zero-order valence-corrected chi connectivity index (χ0v) is 9.46. The molecule has 86 valence electrons. The molecule has 2 amide bonds. The Labute approximate surface area is 95.6 Å². The normalized spacial score (nSPS) is 28.1. The number of rotatable bonds is 1. The van der Waals surface area contributed by atoms with Gasteiger partial charge in [-0.25, -0.2) is 0 Å². The highest BCUT2D eigenvalue weighted by Crippen LogP contribution is 2.26. The van der Waals surface area contributed by atoms with Gasteiger partial charge in [0.1, 0.15) is 0 Å². The summed E-state index contributed by atoms with van der Waals surface area (Å²) in [7, 11) is 0. The van der Waals surface area contributed by atoms with Crippen molar-refractivity contribution < 1.29 is 9.59 Å². The molecule has 2 N–H and O–H groups in total. The Kier molecular flexibility index (Phi) is 4.11. The Hall–Kier alpha value is -0.610. The van der Waals surface area contributed by atoms with Crippen LogP contribution < -0.4 is 5.73 Å². The van der Waals surface area contributed by atoms with Gasteiger partial charge < -0.3 is 5.73 Å². The maximum Gasteiger partial charge on any atom is 0.246 e. The van der Waals surface area contributed by atoms with Crippen molar-refractivity contribution in [2.24, 2.45) is 5.73 Å². The average molecular weight is 233 g/mol. The monoisotopic (exact) mass is 232 g/mol. The number of nitrogens with zero attached hydrogens (tertiary/aromatic N) is 1. The standard InChI is InChI=1S/C10H16N2O2.ClH/c11-8-6-9(13)12(10(8)14)7-4-2-1-3-5-7;/h7-8H,1-6,11H2;1H. The number of hydrogen-bond donors (Lipinski definition) is 1. The first kappa shape index (κ1) is 12.5. The molecule has 0 radical (unpaired) electrons. The summed E-state index contributed by atoms with van der Waals surface area (Å²) in [5.74, 6) is -0.240. The lowest BCUT2D eigenvalue weighted by atomic mass is 9.94. The van der Waals surface area contributed by atoms with Crippen LogP contribution in [0.5, 0.6) is 0 Å². The van der Waals surface area contributed by atoms with Crippen LogP contribution in [-0.4, -0.2) is 28.8 Å². The van der Waals surface area contributed by atoms with Crippen LogP contribution in [0.15, 0.2) is 0 Å². The average Bonchev–Trinajstić information content (AvgIpc) is 2.43. The van der Waals surface area contributed by atoms with E-state index < -0.39 is 6.04 Å². The Morgan fingerprint density at radius 1 is 1.13 bits per heavy atom. The molecule has 1 atom stereocenters. The molecule has 1 heterocycles. The molecule has 0 aromatic rings. The van der Waals surface area contributed by atoms with Crippen molar-refractivity contribution >= 4 is 24.2 Å². The van der Waals surface area contributed by atoms with Crippen LogP contribution in [0.1, 0.15) is 38.5 Å². The van der Waals surface area contributed by atoms with Gasteiger partial charge in [-0.2, -0.15) is 0 Å². The highest BCUT2D eigenvalue weighted by molar-refractivity contribution is 6.05. The molecule has 1 saturated heterocycles. The maximum atomic E-state index is 11.6. The van der Waals surface area contributed by atoms with Crippen molar-refractivity contribution in [3.8, 4) is 0 Å². The van der Waals surface area contributed by atoms with Gasteiger partial charge in [-0.3, -0.25) is 14.5 Å². The van der Waals surface area contributed by atoms with E-state index in [4.69, 9.17) is 5.73 Å². The minimum atomic E-state index is -0.579. The Bertz CT molecular complexity index is 264. The third-order valence-corrected chi connectivity index (χ3v) is 3.16. The number of hydrogen-bond acceptors (Lipinski definition) is 3. The number of likely N-dealkylation sites (tertiary alicyclic amines) is 1. The topological polar surface area (TPSA) is 63.4 Å². The van der Waals surface area contributed by atoms with Gasteiger partial charge in [-0.1, -0.05) is 19.3 Å². The van der Waals surface area contributed by atoms with Crippen LogP contribution in [-0.2, 0) is 9.59 Å². The highest BCUT2D eigenvalue weighted by atomic mass is 35.5. The lowest BCUT2D eigenvalue weighted by Gasteiger charge is -2.29. The van der Waals surface area contributed by atoms with E-state index in [2.05, 4.69) is 0 Å². The summed E-state index contributed by atoms with van der Waals surface area (Å²) in [5, 5.41) is 0. The van der Waals surface area contributed by atoms with E-state index in [1.165, 1.54) is 11.3 Å². The fraction of sp³-hybridized carbons (Fsp3) is 0.800. The molecule has 1 saturated carbocycles. The summed E-state index contributed by atoms with van der Waals surface area (Å²) in [4.78, 5) is 24.5. The van der Waals surface area contributed by atoms with E-state index >= 15 is 0 Å². The third kappa shape index (κ3) is 2.32. The van der Waals surface area contributed by atoms with E-state index in [0.717, 1.165) is 25.7 Å². The van der Waals surface area contributed by atoms with Crippen molar-refractivity contribution in [2.45, 2.75) is 50.6 Å². The zero-order valence-electron chi connectivity index (χ0n) is 8.65. The van der Waals surface area contributed by atoms with Crippen molar-refractivity contribution in [3.05, 3.63) is 0 Å². The fourth-order valence-corrected chi connectivity index (χ4v) is 2.40. The number of carbonyl (C=O) groups is 2. The predicted octanol–water partition coefficient (Wildman–Crippen LogP) is 0.827. The van der Waals surface area contributed by atoms with Gasteiger partial charge in [-0.15, -0.1) is 12.4 Å². The fourth-order valence-electron chi connectivity index (χ4n) is 2.40. The van der Waals surface area contributed by atoms with Gasteiger partial charge in [-0.05, 0) is 12.8 Å². The van der Waals surface area contributed by atoms with Gasteiger partial charge >= 0.3 is 0 Å². The van der Waals surface area contributed by atoms with Gasteiger partial charge in [0.15, 0.2) is 0 Å². The SMILES string of the molecule is Cl.NC1CC(=O)N(C2CCCCC2)C1=O. The molecule has 0 bridgehead atoms. The largest absolute Gasteiger partial charge is 0.319 e. The van der Waals surface area contributed by atoms with Crippen LogP contribution in [0.3, 0.4) is 0 Å². The van der Waals surface area contributed by atoms with Crippen molar-refractivity contribution in [1.29, 1.82) is 0 Å². The molecule has 4 nitrogen and oxygen atoms in total. The highest BCUT2D eigenvalue weighted by Gasteiger charge is 2.40. The molecule has 0 aromatic carbocycles. The van der Waals surface area contributed by atoms with E-state index in [1.807, 2.05) is 0 Å². The summed E-state index contributed by atoms with van der Waals surface area (Å²) in [6, 6.07) is -0.443. The number of amides is 2. The minimum absolute atomic E-state index is 0. The quantitative estimate of drug-likeness (QED) is 0.681. The summed E-state index contributed by atoms with van der Waals surface area (Å²) >= 11 is 0. The van der Waals surface area contributed by atoms with Gasteiger partial charge in [0.05, 0.1) is 12.5 Å². The second-order valence-electron chi connectivity index (χ2n) is 4.20. The van der Waals surface area contributed by atoms with Crippen molar-refractivity contribution in [1.82, 2.24) is 4.90 Å². The summed E-state index contributed by atoms with van der Waals surface area (Å²) < 4.78 is 0. The predicted molar refractivity (Wildman–Crippen MR) is 58.6 cm³/mol. The third-order valence-electron chi connectivity index (χ3n) is 3.16. The maximum absolute atomic E-state index is 11.6. The molecule has 2 rings (SSSR count). The molecular weight excluding hydrogens is 216 g/mol. The summed E-state index contributed by atoms with van der Waals surface area (Å²) in [6.45, 7) is 0. The van der Waals surface area contributed by atoms with Gasteiger partial charge in [0.2, 0.25) is 11.8 Å². The molecule has 1 aliphatic carbocycles. The van der Waals surface area contributed by atoms with Crippen molar-refractivity contribution in [2.75, 3.05) is 0 Å². The lowest BCUT2D eigenvalue weighted by Crippen LogP contribution is -2.43. The number of halogens is 1. The second-order valence-corrected chi connectivity index (χ2v) is 4.20. The first-order valence-electron chi connectivity index (χ1n) is 5.31. The summed E-state index contributed by atoms with van der Waals surface area (Å²) in [5.41, 5.74) is 5.55. The molecule has 0 spiro atoms. The zero-order chi connectivity index (χ0) is 10.1. The van der Waals surface area contributed by atoms with E-state index in [-0.39, 0.29) is 36.7 Å². The lowest BCUT2D eigenvalue weighted by molar-refractivity contribution is -0.142.